The molecule has 1 atom stereocenters. The van der Waals surface area contributed by atoms with E-state index in [-0.39, 0.29) is 18.1 Å². The van der Waals surface area contributed by atoms with Crippen molar-refractivity contribution in [2.75, 3.05) is 24.2 Å². The first-order valence-electron chi connectivity index (χ1n) is 8.61. The van der Waals surface area contributed by atoms with Crippen LogP contribution in [0.25, 0.3) is 0 Å². The second kappa shape index (κ2) is 8.31. The second-order valence-corrected chi connectivity index (χ2v) is 7.64. The number of nitrogens with two attached hydrogens (primary N) is 1. The largest absolute Gasteiger partial charge is 0.470 e. The van der Waals surface area contributed by atoms with Crippen molar-refractivity contribution in [3.05, 3.63) is 35.9 Å². The summed E-state index contributed by atoms with van der Waals surface area (Å²) in [5.74, 6) is 0.175. The van der Waals surface area contributed by atoms with Gasteiger partial charge in [0.15, 0.2) is 11.8 Å². The molecule has 0 aliphatic carbocycles. The van der Waals surface area contributed by atoms with Crippen LogP contribution in [0.3, 0.4) is 0 Å². The molecule has 0 unspecified atom stereocenters. The molecule has 1 amide bonds. The summed E-state index contributed by atoms with van der Waals surface area (Å²) in [7, 11) is 0. The number of hydrogen-bond donors (Lipinski definition) is 3. The summed E-state index contributed by atoms with van der Waals surface area (Å²) < 4.78 is 41.1. The Bertz CT molecular complexity index is 886. The number of aliphatic imine (C=N–C) groups is 2. The molecule has 4 N–H and O–H groups in total. The predicted octanol–water partition coefficient (Wildman–Crippen LogP) is 2.11. The molecule has 3 rings (SSSR count). The van der Waals surface area contributed by atoms with Crippen LogP contribution in [0.15, 0.2) is 40.2 Å². The van der Waals surface area contributed by atoms with Gasteiger partial charge in [-0.1, -0.05) is 11.8 Å². The van der Waals surface area contributed by atoms with Crippen LogP contribution in [-0.4, -0.2) is 47.0 Å². The molecule has 0 spiro atoms. The minimum Gasteiger partial charge on any atom is -0.470 e. The molecule has 2 aliphatic rings. The van der Waals surface area contributed by atoms with Crippen LogP contribution >= 0.6 is 11.8 Å². The lowest BCUT2D eigenvalue weighted by Gasteiger charge is -2.28. The Morgan fingerprint density at radius 2 is 2.28 bits per heavy atom. The van der Waals surface area contributed by atoms with E-state index < -0.39 is 24.2 Å². The summed E-state index contributed by atoms with van der Waals surface area (Å²) in [6, 6.07) is 3.34. The molecule has 0 saturated carbocycles. The predicted molar refractivity (Wildman–Crippen MR) is 104 cm³/mol. The zero-order valence-corrected chi connectivity index (χ0v) is 16.2. The summed E-state index contributed by atoms with van der Waals surface area (Å²) in [4.78, 5) is 25.0. The van der Waals surface area contributed by atoms with Crippen molar-refractivity contribution in [3.63, 3.8) is 0 Å². The molecule has 29 heavy (non-hydrogen) atoms. The maximum absolute atomic E-state index is 12.4. The molecule has 0 saturated heterocycles. The lowest BCUT2D eigenvalue weighted by atomic mass is 9.94. The number of carbonyl (C=O) groups excluding carboxylic acids is 1. The zero-order chi connectivity index (χ0) is 21.1. The molecule has 0 radical (unpaired) electrons. The normalized spacial score (nSPS) is 22.0. The van der Waals surface area contributed by atoms with Crippen molar-refractivity contribution in [3.8, 4) is 0 Å². The Hall–Kier alpha value is -2.76. The van der Waals surface area contributed by atoms with Gasteiger partial charge in [0, 0.05) is 17.6 Å². The minimum absolute atomic E-state index is 0.102. The van der Waals surface area contributed by atoms with Gasteiger partial charge in [0.25, 0.3) is 5.91 Å². The van der Waals surface area contributed by atoms with Gasteiger partial charge >= 0.3 is 6.18 Å². The molecule has 1 aromatic heterocycles. The van der Waals surface area contributed by atoms with E-state index in [0.29, 0.717) is 16.5 Å². The number of amidine groups is 1. The summed E-state index contributed by atoms with van der Waals surface area (Å²) in [5.41, 5.74) is 6.53. The summed E-state index contributed by atoms with van der Waals surface area (Å²) >= 11 is 1.48. The molecule has 1 aromatic rings. The fraction of sp³-hybridized carbons (Fsp3) is 0.412. The number of thioether (sulfide) groups is 1. The molecule has 2 aliphatic heterocycles. The third-order valence-corrected chi connectivity index (χ3v) is 4.98. The van der Waals surface area contributed by atoms with Gasteiger partial charge in [-0.25, -0.2) is 9.98 Å². The lowest BCUT2D eigenvalue weighted by Crippen LogP contribution is -2.35. The highest BCUT2D eigenvalue weighted by molar-refractivity contribution is 8.13. The highest BCUT2D eigenvalue weighted by Crippen LogP contribution is 2.34. The second-order valence-electron chi connectivity index (χ2n) is 6.53. The van der Waals surface area contributed by atoms with Gasteiger partial charge < -0.3 is 21.1 Å². The van der Waals surface area contributed by atoms with Crippen LogP contribution in [0.5, 0.6) is 0 Å². The minimum atomic E-state index is -4.45. The first-order valence-corrected chi connectivity index (χ1v) is 9.59. The smallest absolute Gasteiger partial charge is 0.422 e. The Kier molecular flexibility index (Phi) is 6.01. The topological polar surface area (TPSA) is 114 Å². The number of alkyl halides is 3. The number of pyridine rings is 1. The number of carbonyl (C=O) groups is 1. The number of halogens is 3. The molecule has 12 heteroatoms. The van der Waals surface area contributed by atoms with E-state index in [1.165, 1.54) is 11.8 Å². The lowest BCUT2D eigenvalue weighted by molar-refractivity contribution is -0.156. The van der Waals surface area contributed by atoms with Crippen molar-refractivity contribution < 1.29 is 22.7 Å². The first kappa shape index (κ1) is 21.0. The summed E-state index contributed by atoms with van der Waals surface area (Å²) in [6.07, 6.45) is -1.01. The van der Waals surface area contributed by atoms with E-state index in [9.17, 15) is 18.0 Å². The standard InChI is InChI=1S/C17H19F3N6O2S/c1-16(3-5-29-15(21)26-16)12-6-10(2-4-22-12)25-14(27)11-7-24-13(8-23-11)28-9-17(18,19)20/h2,4,6-7,23H,3,5,8-9H2,1H3,(H2,21,26)(H,22,25,27)/t16-/m0/s1. The molecular weight excluding hydrogens is 409 g/mol. The molecule has 8 nitrogen and oxygen atoms in total. The number of rotatable bonds is 4. The van der Waals surface area contributed by atoms with E-state index in [2.05, 4.69) is 30.3 Å². The van der Waals surface area contributed by atoms with Crippen molar-refractivity contribution in [1.29, 1.82) is 0 Å². The SMILES string of the molecule is C[C@@]1(c2cc(NC(=O)C3=CN=C(OCC(F)(F)F)CN3)ccn2)CCSC(N)=N1. The van der Waals surface area contributed by atoms with Crippen LogP contribution in [0.4, 0.5) is 18.9 Å². The highest BCUT2D eigenvalue weighted by Gasteiger charge is 2.31. The molecule has 3 heterocycles. The van der Waals surface area contributed by atoms with Crippen molar-refractivity contribution in [2.45, 2.75) is 25.1 Å². The average molecular weight is 428 g/mol. The van der Waals surface area contributed by atoms with Crippen LogP contribution in [-0.2, 0) is 15.1 Å². The van der Waals surface area contributed by atoms with Crippen LogP contribution < -0.4 is 16.4 Å². The van der Waals surface area contributed by atoms with E-state index in [0.717, 1.165) is 18.4 Å². The Morgan fingerprint density at radius 1 is 1.48 bits per heavy atom. The molecule has 0 bridgehead atoms. The van der Waals surface area contributed by atoms with Gasteiger partial charge in [-0.2, -0.15) is 13.2 Å². The van der Waals surface area contributed by atoms with Gasteiger partial charge in [0.05, 0.1) is 18.4 Å². The van der Waals surface area contributed by atoms with Crippen LogP contribution in [0.2, 0.25) is 0 Å². The number of nitrogens with zero attached hydrogens (tertiary/aromatic N) is 3. The zero-order valence-electron chi connectivity index (χ0n) is 15.4. The molecule has 0 fully saturated rings. The third-order valence-electron chi connectivity index (χ3n) is 4.18. The van der Waals surface area contributed by atoms with Crippen molar-refractivity contribution in [1.82, 2.24) is 10.3 Å². The van der Waals surface area contributed by atoms with Gasteiger partial charge in [-0.05, 0) is 25.5 Å². The average Bonchev–Trinajstić information content (AvgIpc) is 2.66. The fourth-order valence-corrected chi connectivity index (χ4v) is 3.64. The Morgan fingerprint density at radius 3 is 2.93 bits per heavy atom. The van der Waals surface area contributed by atoms with Gasteiger partial charge in [0.2, 0.25) is 5.90 Å². The monoisotopic (exact) mass is 428 g/mol. The number of aromatic nitrogens is 1. The van der Waals surface area contributed by atoms with Crippen molar-refractivity contribution in [2.24, 2.45) is 15.7 Å². The van der Waals surface area contributed by atoms with Gasteiger partial charge in [-0.15, -0.1) is 0 Å². The maximum atomic E-state index is 12.4. The first-order chi connectivity index (χ1) is 13.6. The number of hydrogen-bond acceptors (Lipinski definition) is 8. The third kappa shape index (κ3) is 5.62. The number of nitrogens with one attached hydrogen (secondary N) is 2. The van der Waals surface area contributed by atoms with Gasteiger partial charge in [-0.3, -0.25) is 9.78 Å². The highest BCUT2D eigenvalue weighted by atomic mass is 32.2. The molecule has 156 valence electrons. The van der Waals surface area contributed by atoms with E-state index >= 15 is 0 Å². The van der Waals surface area contributed by atoms with E-state index in [4.69, 9.17) is 5.73 Å². The maximum Gasteiger partial charge on any atom is 0.422 e. The number of ether oxygens (including phenoxy) is 1. The van der Waals surface area contributed by atoms with Crippen molar-refractivity contribution >= 4 is 34.4 Å². The summed E-state index contributed by atoms with van der Waals surface area (Å²) in [6.45, 7) is 0.365. The molecular formula is C17H19F3N6O2S. The Labute approximate surface area is 168 Å². The molecule has 0 aromatic carbocycles. The van der Waals surface area contributed by atoms with E-state index in [1.54, 1.807) is 18.3 Å². The van der Waals surface area contributed by atoms with E-state index in [1.807, 2.05) is 6.92 Å². The number of anilines is 1. The Balaban J connectivity index is 1.67. The van der Waals surface area contributed by atoms with Crippen LogP contribution in [0.1, 0.15) is 19.0 Å². The quantitative estimate of drug-likeness (QED) is 0.677. The summed E-state index contributed by atoms with van der Waals surface area (Å²) in [5, 5.41) is 5.89. The van der Waals surface area contributed by atoms with Crippen LogP contribution in [0, 0.1) is 0 Å². The number of amides is 1. The van der Waals surface area contributed by atoms with Gasteiger partial charge in [0.1, 0.15) is 11.2 Å². The fourth-order valence-electron chi connectivity index (χ4n) is 2.66.